The highest BCUT2D eigenvalue weighted by molar-refractivity contribution is 5.69. The minimum Gasteiger partial charge on any atom is -0.382 e. The highest BCUT2D eigenvalue weighted by Crippen LogP contribution is 2.22. The zero-order chi connectivity index (χ0) is 9.14. The van der Waals surface area contributed by atoms with Crippen molar-refractivity contribution in [1.29, 1.82) is 0 Å². The van der Waals surface area contributed by atoms with E-state index >= 15 is 0 Å². The molecule has 0 aliphatic carbocycles. The smallest absolute Gasteiger partial charge is 0.222 e. The Balaban J connectivity index is 3.28. The van der Waals surface area contributed by atoms with Gasteiger partial charge in [0.2, 0.25) is 5.95 Å². The molecule has 0 aliphatic rings. The predicted molar refractivity (Wildman–Crippen MR) is 49.4 cm³/mol. The molecule has 0 saturated heterocycles. The third-order valence-corrected chi connectivity index (χ3v) is 1.36. The Morgan fingerprint density at radius 2 is 2.00 bits per heavy atom. The summed E-state index contributed by atoms with van der Waals surface area (Å²) in [6.07, 6.45) is 1.64. The van der Waals surface area contributed by atoms with Gasteiger partial charge in [-0.05, 0) is 13.8 Å². The van der Waals surface area contributed by atoms with Crippen molar-refractivity contribution < 1.29 is 0 Å². The third-order valence-electron chi connectivity index (χ3n) is 1.36. The van der Waals surface area contributed by atoms with Crippen LogP contribution in [0.3, 0.4) is 0 Å². The molecule has 0 unspecified atom stereocenters. The first-order chi connectivity index (χ1) is 5.65. The second-order valence-electron chi connectivity index (χ2n) is 2.29. The van der Waals surface area contributed by atoms with Crippen LogP contribution in [0.4, 0.5) is 17.5 Å². The number of nitrogens with two attached hydrogens (primary N) is 2. The Morgan fingerprint density at radius 1 is 1.33 bits per heavy atom. The number of aromatic nitrogens is 2. The third kappa shape index (κ3) is 1.50. The Labute approximate surface area is 70.5 Å². The molecule has 0 aromatic carbocycles. The van der Waals surface area contributed by atoms with Gasteiger partial charge in [0.25, 0.3) is 0 Å². The maximum Gasteiger partial charge on any atom is 0.222 e. The second kappa shape index (κ2) is 3.17. The van der Waals surface area contributed by atoms with E-state index in [1.807, 2.05) is 0 Å². The van der Waals surface area contributed by atoms with Crippen LogP contribution in [-0.2, 0) is 0 Å². The summed E-state index contributed by atoms with van der Waals surface area (Å²) in [5.74, 6) is 0.498. The van der Waals surface area contributed by atoms with Crippen molar-refractivity contribution in [3.05, 3.63) is 5.69 Å². The van der Waals surface area contributed by atoms with Crippen LogP contribution in [0.1, 0.15) is 12.6 Å². The number of hydrogen-bond acceptors (Lipinski definition) is 5. The first kappa shape index (κ1) is 8.45. The van der Waals surface area contributed by atoms with Gasteiger partial charge in [-0.3, -0.25) is 4.99 Å². The second-order valence-corrected chi connectivity index (χ2v) is 2.29. The molecule has 1 heterocycles. The van der Waals surface area contributed by atoms with E-state index in [1.54, 1.807) is 20.1 Å². The molecule has 4 N–H and O–H groups in total. The van der Waals surface area contributed by atoms with Crippen LogP contribution in [0.25, 0.3) is 0 Å². The lowest BCUT2D eigenvalue weighted by Gasteiger charge is -2.02. The molecule has 0 aliphatic heterocycles. The molecular weight excluding hydrogens is 154 g/mol. The maximum atomic E-state index is 5.56. The molecular formula is C7H11N5. The molecule has 64 valence electrons. The highest BCUT2D eigenvalue weighted by Gasteiger charge is 2.04. The van der Waals surface area contributed by atoms with E-state index in [-0.39, 0.29) is 5.95 Å². The van der Waals surface area contributed by atoms with Gasteiger partial charge in [0.15, 0.2) is 5.82 Å². The number of nitrogens with zero attached hydrogens (tertiary/aromatic N) is 3. The van der Waals surface area contributed by atoms with Crippen molar-refractivity contribution in [3.63, 3.8) is 0 Å². The molecule has 0 spiro atoms. The minimum absolute atomic E-state index is 0.181. The standard InChI is InChI=1S/C7H11N5/c1-3-10-5-4(2)11-7(9)12-6(5)8/h3H,1-2H3,(H4,8,9,11,12). The largest absolute Gasteiger partial charge is 0.382 e. The number of nitrogen functional groups attached to an aromatic ring is 2. The molecule has 5 nitrogen and oxygen atoms in total. The Morgan fingerprint density at radius 3 is 2.50 bits per heavy atom. The Hall–Kier alpha value is -1.65. The van der Waals surface area contributed by atoms with Crippen LogP contribution in [0.5, 0.6) is 0 Å². The molecule has 12 heavy (non-hydrogen) atoms. The van der Waals surface area contributed by atoms with Gasteiger partial charge in [0, 0.05) is 6.21 Å². The van der Waals surface area contributed by atoms with Gasteiger partial charge in [-0.15, -0.1) is 0 Å². The average Bonchev–Trinajstić information content (AvgIpc) is 1.96. The molecule has 0 atom stereocenters. The first-order valence-electron chi connectivity index (χ1n) is 3.53. The van der Waals surface area contributed by atoms with Crippen LogP contribution >= 0.6 is 0 Å². The van der Waals surface area contributed by atoms with Gasteiger partial charge >= 0.3 is 0 Å². The van der Waals surface area contributed by atoms with Gasteiger partial charge in [-0.1, -0.05) is 0 Å². The lowest BCUT2D eigenvalue weighted by molar-refractivity contribution is 1.12. The summed E-state index contributed by atoms with van der Waals surface area (Å²) in [7, 11) is 0. The van der Waals surface area contributed by atoms with Crippen molar-refractivity contribution in [2.45, 2.75) is 13.8 Å². The lowest BCUT2D eigenvalue weighted by atomic mass is 10.3. The van der Waals surface area contributed by atoms with Crippen LogP contribution in [0, 0.1) is 6.92 Å². The fraction of sp³-hybridized carbons (Fsp3) is 0.286. The molecule has 0 bridgehead atoms. The van der Waals surface area contributed by atoms with Gasteiger partial charge < -0.3 is 11.5 Å². The monoisotopic (exact) mass is 165 g/mol. The summed E-state index contributed by atoms with van der Waals surface area (Å²) in [5, 5.41) is 0. The summed E-state index contributed by atoms with van der Waals surface area (Å²) in [6, 6.07) is 0. The number of aliphatic imine (C=N–C) groups is 1. The Kier molecular flexibility index (Phi) is 2.23. The van der Waals surface area contributed by atoms with E-state index < -0.39 is 0 Å². The van der Waals surface area contributed by atoms with Crippen LogP contribution < -0.4 is 11.5 Å². The van der Waals surface area contributed by atoms with Crippen molar-refractivity contribution in [1.82, 2.24) is 9.97 Å². The van der Waals surface area contributed by atoms with Crippen LogP contribution in [0.2, 0.25) is 0 Å². The molecule has 1 rings (SSSR count). The van der Waals surface area contributed by atoms with E-state index in [2.05, 4.69) is 15.0 Å². The summed E-state index contributed by atoms with van der Waals surface area (Å²) >= 11 is 0. The SMILES string of the molecule is CC=Nc1c(C)nc(N)nc1N. The molecule has 0 radical (unpaired) electrons. The maximum absolute atomic E-state index is 5.56. The summed E-state index contributed by atoms with van der Waals surface area (Å²) in [4.78, 5) is 11.7. The summed E-state index contributed by atoms with van der Waals surface area (Å²) in [5.41, 5.74) is 12.2. The van der Waals surface area contributed by atoms with Crippen LogP contribution in [0.15, 0.2) is 4.99 Å². The first-order valence-corrected chi connectivity index (χ1v) is 3.53. The molecule has 0 saturated carbocycles. The van der Waals surface area contributed by atoms with E-state index in [4.69, 9.17) is 11.5 Å². The summed E-state index contributed by atoms with van der Waals surface area (Å²) < 4.78 is 0. The number of hydrogen-bond donors (Lipinski definition) is 2. The van der Waals surface area contributed by atoms with Crippen molar-refractivity contribution >= 4 is 23.7 Å². The van der Waals surface area contributed by atoms with Crippen LogP contribution in [-0.4, -0.2) is 16.2 Å². The minimum atomic E-state index is 0.181. The number of rotatable bonds is 1. The zero-order valence-electron chi connectivity index (χ0n) is 7.07. The quantitative estimate of drug-likeness (QED) is 0.598. The molecule has 1 aromatic heterocycles. The van der Waals surface area contributed by atoms with Gasteiger partial charge in [0.1, 0.15) is 5.69 Å². The highest BCUT2D eigenvalue weighted by atomic mass is 15.1. The average molecular weight is 165 g/mol. The number of aryl methyl sites for hydroxylation is 1. The Bertz CT molecular complexity index is 295. The van der Waals surface area contributed by atoms with Gasteiger partial charge in [-0.25, -0.2) is 4.98 Å². The molecule has 0 fully saturated rings. The molecule has 5 heteroatoms. The predicted octanol–water partition coefficient (Wildman–Crippen LogP) is 0.672. The molecule has 0 amide bonds. The number of anilines is 2. The van der Waals surface area contributed by atoms with Crippen molar-refractivity contribution in [2.75, 3.05) is 11.5 Å². The normalized spacial score (nSPS) is 10.8. The van der Waals surface area contributed by atoms with Crippen molar-refractivity contribution in [3.8, 4) is 0 Å². The lowest BCUT2D eigenvalue weighted by Crippen LogP contribution is -2.01. The summed E-state index contributed by atoms with van der Waals surface area (Å²) in [6.45, 7) is 3.59. The van der Waals surface area contributed by atoms with E-state index in [9.17, 15) is 0 Å². The fourth-order valence-electron chi connectivity index (χ4n) is 0.900. The van der Waals surface area contributed by atoms with E-state index in [0.29, 0.717) is 17.2 Å². The zero-order valence-corrected chi connectivity index (χ0v) is 7.07. The topological polar surface area (TPSA) is 90.2 Å². The van der Waals surface area contributed by atoms with Crippen molar-refractivity contribution in [2.24, 2.45) is 4.99 Å². The molecule has 1 aromatic rings. The van der Waals surface area contributed by atoms with E-state index in [1.165, 1.54) is 0 Å². The van der Waals surface area contributed by atoms with Gasteiger partial charge in [0.05, 0.1) is 5.69 Å². The van der Waals surface area contributed by atoms with Gasteiger partial charge in [-0.2, -0.15) is 4.98 Å². The fourth-order valence-corrected chi connectivity index (χ4v) is 0.900. The van der Waals surface area contributed by atoms with E-state index in [0.717, 1.165) is 0 Å².